The minimum Gasteiger partial charge on any atom is -0.456 e. The van der Waals surface area contributed by atoms with Crippen LogP contribution in [-0.4, -0.2) is 4.98 Å². The molecule has 0 radical (unpaired) electrons. The van der Waals surface area contributed by atoms with Crippen molar-refractivity contribution >= 4 is 72.0 Å². The molecule has 0 spiro atoms. The molecule has 42 heavy (non-hydrogen) atoms. The maximum absolute atomic E-state index is 6.62. The summed E-state index contributed by atoms with van der Waals surface area (Å²) in [5.74, 6) is 0.560. The smallest absolute Gasteiger partial charge is 0.227 e. The zero-order valence-corrected chi connectivity index (χ0v) is 22.3. The molecule has 6 aromatic carbocycles. The van der Waals surface area contributed by atoms with Crippen molar-refractivity contribution in [3.63, 3.8) is 0 Å². The molecule has 9 rings (SSSR count). The van der Waals surface area contributed by atoms with Gasteiger partial charge >= 0.3 is 0 Å². The van der Waals surface area contributed by atoms with Crippen LogP contribution in [0, 0.1) is 0 Å². The SMILES string of the molecule is c1ccc(-c2nc3c(N(c4ccccc4)c4cccc5oc6ccccc6c45)cc4oc5ccccc5c4c3o2)cc1. The maximum Gasteiger partial charge on any atom is 0.227 e. The summed E-state index contributed by atoms with van der Waals surface area (Å²) in [6.07, 6.45) is 0. The van der Waals surface area contributed by atoms with E-state index in [4.69, 9.17) is 18.2 Å². The zero-order chi connectivity index (χ0) is 27.6. The van der Waals surface area contributed by atoms with Crippen LogP contribution >= 0.6 is 0 Å². The van der Waals surface area contributed by atoms with Crippen LogP contribution in [0.25, 0.3) is 66.4 Å². The van der Waals surface area contributed by atoms with Crippen molar-refractivity contribution in [2.24, 2.45) is 0 Å². The molecule has 5 heteroatoms. The lowest BCUT2D eigenvalue weighted by molar-refractivity contribution is 0.622. The number of oxazole rings is 1. The van der Waals surface area contributed by atoms with E-state index in [0.717, 1.165) is 72.0 Å². The number of hydrogen-bond acceptors (Lipinski definition) is 5. The van der Waals surface area contributed by atoms with E-state index in [0.29, 0.717) is 11.5 Å². The molecular weight excluding hydrogens is 520 g/mol. The van der Waals surface area contributed by atoms with Crippen LogP contribution in [0.3, 0.4) is 0 Å². The Labute approximate surface area is 239 Å². The van der Waals surface area contributed by atoms with Crippen molar-refractivity contribution < 1.29 is 13.3 Å². The molecule has 0 N–H and O–H groups in total. The van der Waals surface area contributed by atoms with E-state index < -0.39 is 0 Å². The standard InChI is InChI=1S/C37H22N2O3/c1-3-12-23(13-4-1)37-38-35-28(22-32-34(36(35)42-37)26-17-8-10-20-30(26)41-32)39(24-14-5-2-6-15-24)27-18-11-21-31-33(27)25-16-7-9-19-29(25)40-31/h1-22H. The number of nitrogens with zero attached hydrogens (tertiary/aromatic N) is 2. The fourth-order valence-electron chi connectivity index (χ4n) is 6.06. The van der Waals surface area contributed by atoms with Crippen molar-refractivity contribution in [1.29, 1.82) is 0 Å². The lowest BCUT2D eigenvalue weighted by atomic mass is 10.1. The van der Waals surface area contributed by atoms with Gasteiger partial charge in [0.15, 0.2) is 5.58 Å². The summed E-state index contributed by atoms with van der Waals surface area (Å²) in [5, 5.41) is 3.99. The maximum atomic E-state index is 6.62. The molecule has 0 aliphatic rings. The van der Waals surface area contributed by atoms with Crippen molar-refractivity contribution in [2.45, 2.75) is 0 Å². The lowest BCUT2D eigenvalue weighted by Crippen LogP contribution is -2.11. The van der Waals surface area contributed by atoms with Gasteiger partial charge in [-0.15, -0.1) is 0 Å². The van der Waals surface area contributed by atoms with Gasteiger partial charge in [-0.3, -0.25) is 0 Å². The molecule has 9 aromatic rings. The number of para-hydroxylation sites is 3. The fraction of sp³-hybridized carbons (Fsp3) is 0. The zero-order valence-electron chi connectivity index (χ0n) is 22.3. The van der Waals surface area contributed by atoms with E-state index in [-0.39, 0.29) is 0 Å². The quantitative estimate of drug-likeness (QED) is 0.221. The molecule has 0 aliphatic carbocycles. The lowest BCUT2D eigenvalue weighted by Gasteiger charge is -2.26. The highest BCUT2D eigenvalue weighted by atomic mass is 16.4. The van der Waals surface area contributed by atoms with Gasteiger partial charge in [-0.05, 0) is 48.5 Å². The molecule has 3 heterocycles. The van der Waals surface area contributed by atoms with Crippen LogP contribution in [0.2, 0.25) is 0 Å². The van der Waals surface area contributed by atoms with Gasteiger partial charge in [0, 0.05) is 28.1 Å². The highest BCUT2D eigenvalue weighted by molar-refractivity contribution is 6.21. The Bertz CT molecular complexity index is 2420. The van der Waals surface area contributed by atoms with E-state index in [2.05, 4.69) is 41.3 Å². The topological polar surface area (TPSA) is 55.6 Å². The number of aromatic nitrogens is 1. The van der Waals surface area contributed by atoms with Gasteiger partial charge in [0.1, 0.15) is 27.8 Å². The first-order valence-electron chi connectivity index (χ1n) is 13.9. The summed E-state index contributed by atoms with van der Waals surface area (Å²) in [6, 6.07) is 44.8. The molecule has 0 saturated carbocycles. The Morgan fingerprint density at radius 1 is 0.476 bits per heavy atom. The first-order valence-corrected chi connectivity index (χ1v) is 13.9. The van der Waals surface area contributed by atoms with Gasteiger partial charge in [-0.25, -0.2) is 4.98 Å². The third kappa shape index (κ3) is 3.34. The molecule has 0 amide bonds. The summed E-state index contributed by atoms with van der Waals surface area (Å²) >= 11 is 0. The van der Waals surface area contributed by atoms with Crippen LogP contribution in [0.4, 0.5) is 17.1 Å². The largest absolute Gasteiger partial charge is 0.456 e. The first-order chi connectivity index (χ1) is 20.8. The monoisotopic (exact) mass is 542 g/mol. The number of rotatable bonds is 4. The summed E-state index contributed by atoms with van der Waals surface area (Å²) in [6.45, 7) is 0. The number of benzene rings is 6. The minimum atomic E-state index is 0.560. The molecule has 3 aromatic heterocycles. The van der Waals surface area contributed by atoms with E-state index in [1.165, 1.54) is 0 Å². The normalized spacial score (nSPS) is 11.8. The number of anilines is 3. The highest BCUT2D eigenvalue weighted by Gasteiger charge is 2.26. The molecule has 0 atom stereocenters. The van der Waals surface area contributed by atoms with Crippen molar-refractivity contribution in [1.82, 2.24) is 4.98 Å². The van der Waals surface area contributed by atoms with Crippen LogP contribution in [0.5, 0.6) is 0 Å². The molecule has 0 saturated heterocycles. The second-order valence-corrected chi connectivity index (χ2v) is 10.3. The van der Waals surface area contributed by atoms with Gasteiger partial charge in [0.05, 0.1) is 22.1 Å². The van der Waals surface area contributed by atoms with Crippen LogP contribution in [0.1, 0.15) is 0 Å². The van der Waals surface area contributed by atoms with E-state index in [1.54, 1.807) is 0 Å². The third-order valence-corrected chi connectivity index (χ3v) is 7.88. The van der Waals surface area contributed by atoms with Crippen LogP contribution < -0.4 is 4.90 Å². The summed E-state index contributed by atoms with van der Waals surface area (Å²) in [5.41, 5.74) is 8.37. The van der Waals surface area contributed by atoms with Gasteiger partial charge in [-0.2, -0.15) is 0 Å². The molecular formula is C37H22N2O3. The van der Waals surface area contributed by atoms with E-state index in [1.807, 2.05) is 97.1 Å². The van der Waals surface area contributed by atoms with Crippen LogP contribution in [-0.2, 0) is 0 Å². The van der Waals surface area contributed by atoms with E-state index in [9.17, 15) is 0 Å². The fourth-order valence-corrected chi connectivity index (χ4v) is 6.06. The van der Waals surface area contributed by atoms with E-state index >= 15 is 0 Å². The van der Waals surface area contributed by atoms with Gasteiger partial charge in [0.25, 0.3) is 0 Å². The van der Waals surface area contributed by atoms with Gasteiger partial charge < -0.3 is 18.2 Å². The minimum absolute atomic E-state index is 0.560. The Morgan fingerprint density at radius 2 is 1.10 bits per heavy atom. The van der Waals surface area contributed by atoms with Crippen molar-refractivity contribution in [2.75, 3.05) is 4.90 Å². The third-order valence-electron chi connectivity index (χ3n) is 7.88. The summed E-state index contributed by atoms with van der Waals surface area (Å²) in [7, 11) is 0. The van der Waals surface area contributed by atoms with Gasteiger partial charge in [-0.1, -0.05) is 78.9 Å². The molecule has 5 nitrogen and oxygen atoms in total. The first kappa shape index (κ1) is 22.9. The molecule has 0 unspecified atom stereocenters. The number of fused-ring (bicyclic) bond motifs is 8. The predicted octanol–water partition coefficient (Wildman–Crippen LogP) is 10.8. The van der Waals surface area contributed by atoms with Crippen molar-refractivity contribution in [3.8, 4) is 11.5 Å². The Balaban J connectivity index is 1.43. The molecule has 0 bridgehead atoms. The average Bonchev–Trinajstić information content (AvgIpc) is 3.75. The Hall–Kier alpha value is -5.81. The predicted molar refractivity (Wildman–Crippen MR) is 169 cm³/mol. The summed E-state index contributed by atoms with van der Waals surface area (Å²) in [4.78, 5) is 7.38. The van der Waals surface area contributed by atoms with Crippen molar-refractivity contribution in [3.05, 3.63) is 133 Å². The molecule has 0 aliphatic heterocycles. The number of hydrogen-bond donors (Lipinski definition) is 0. The average molecular weight is 543 g/mol. The number of furan rings is 2. The summed E-state index contributed by atoms with van der Waals surface area (Å²) < 4.78 is 19.4. The Kier molecular flexibility index (Phi) is 4.83. The van der Waals surface area contributed by atoms with Gasteiger partial charge in [0.2, 0.25) is 5.89 Å². The second kappa shape index (κ2) is 8.85. The Morgan fingerprint density at radius 3 is 1.86 bits per heavy atom. The molecule has 0 fully saturated rings. The molecule has 198 valence electrons. The highest BCUT2D eigenvalue weighted by Crippen LogP contribution is 2.48. The van der Waals surface area contributed by atoms with Crippen LogP contribution in [0.15, 0.2) is 147 Å². The second-order valence-electron chi connectivity index (χ2n) is 10.3.